The smallest absolute Gasteiger partial charge is 0.153 e. The summed E-state index contributed by atoms with van der Waals surface area (Å²) in [6.45, 7) is 0. The van der Waals surface area contributed by atoms with Gasteiger partial charge in [0.05, 0.1) is 17.5 Å². The quantitative estimate of drug-likeness (QED) is 0.768. The maximum atomic E-state index is 4.43. The number of nitrogens with zero attached hydrogens (tertiary/aromatic N) is 3. The fourth-order valence-corrected chi connectivity index (χ4v) is 2.33. The van der Waals surface area contributed by atoms with E-state index < -0.39 is 0 Å². The van der Waals surface area contributed by atoms with Crippen LogP contribution in [0.4, 0.5) is 0 Å². The molecule has 4 heteroatoms. The van der Waals surface area contributed by atoms with Gasteiger partial charge in [-0.2, -0.15) is 5.10 Å². The molecule has 0 saturated carbocycles. The van der Waals surface area contributed by atoms with Gasteiger partial charge in [-0.05, 0) is 25.0 Å². The molecule has 0 amide bonds. The number of hydrogen-bond donors (Lipinski definition) is 1. The predicted octanol–water partition coefficient (Wildman–Crippen LogP) is 0.887. The molecule has 2 aromatic rings. The van der Waals surface area contributed by atoms with Crippen molar-refractivity contribution in [3.05, 3.63) is 41.9 Å². The first-order valence-corrected chi connectivity index (χ1v) is 5.67. The van der Waals surface area contributed by atoms with Crippen LogP contribution in [0.2, 0.25) is 0 Å². The molecule has 16 heavy (non-hydrogen) atoms. The molecule has 0 fully saturated rings. The second kappa shape index (κ2) is 3.72. The van der Waals surface area contributed by atoms with Crippen LogP contribution in [0.3, 0.4) is 0 Å². The highest BCUT2D eigenvalue weighted by Crippen LogP contribution is 2.27. The van der Waals surface area contributed by atoms with Crippen LogP contribution in [0.5, 0.6) is 0 Å². The van der Waals surface area contributed by atoms with Gasteiger partial charge >= 0.3 is 0 Å². The maximum absolute atomic E-state index is 4.43. The minimum atomic E-state index is 0.390. The first-order valence-electron chi connectivity index (χ1n) is 5.67. The van der Waals surface area contributed by atoms with Gasteiger partial charge in [-0.25, -0.2) is 9.67 Å². The van der Waals surface area contributed by atoms with E-state index in [1.54, 1.807) is 6.20 Å². The lowest BCUT2D eigenvalue weighted by Gasteiger charge is -2.16. The van der Waals surface area contributed by atoms with Crippen molar-refractivity contribution < 1.29 is 5.73 Å². The summed E-state index contributed by atoms with van der Waals surface area (Å²) in [7, 11) is 0. The molecule has 3 rings (SSSR count). The van der Waals surface area contributed by atoms with Gasteiger partial charge in [0.15, 0.2) is 5.82 Å². The molecule has 4 nitrogen and oxygen atoms in total. The van der Waals surface area contributed by atoms with Gasteiger partial charge in [-0.3, -0.25) is 0 Å². The number of aromatic nitrogens is 3. The largest absolute Gasteiger partial charge is 0.351 e. The first-order chi connectivity index (χ1) is 7.86. The third-order valence-corrected chi connectivity index (χ3v) is 3.17. The van der Waals surface area contributed by atoms with Gasteiger partial charge in [-0.1, -0.05) is 6.07 Å². The van der Waals surface area contributed by atoms with E-state index >= 15 is 0 Å². The van der Waals surface area contributed by atoms with Gasteiger partial charge in [0.1, 0.15) is 6.04 Å². The summed E-state index contributed by atoms with van der Waals surface area (Å²) in [5, 5.41) is 4.43. The zero-order valence-corrected chi connectivity index (χ0v) is 9.13. The Labute approximate surface area is 94.1 Å². The van der Waals surface area contributed by atoms with Crippen LogP contribution < -0.4 is 5.73 Å². The summed E-state index contributed by atoms with van der Waals surface area (Å²) in [6, 6.07) is 6.28. The molecule has 2 aromatic heterocycles. The van der Waals surface area contributed by atoms with Crippen LogP contribution in [0.15, 0.2) is 30.6 Å². The van der Waals surface area contributed by atoms with Crippen LogP contribution in [0.1, 0.15) is 30.1 Å². The second-order valence-corrected chi connectivity index (χ2v) is 4.24. The molecule has 0 unspecified atom stereocenters. The molecule has 0 saturated heterocycles. The highest BCUT2D eigenvalue weighted by Gasteiger charge is 2.24. The highest BCUT2D eigenvalue weighted by molar-refractivity contribution is 5.31. The Bertz CT molecular complexity index is 489. The third kappa shape index (κ3) is 1.42. The lowest BCUT2D eigenvalue weighted by atomic mass is 9.94. The number of fused-ring (bicyclic) bond motifs is 1. The van der Waals surface area contributed by atoms with Crippen molar-refractivity contribution in [1.82, 2.24) is 14.8 Å². The summed E-state index contributed by atoms with van der Waals surface area (Å²) < 4.78 is 1.95. The molecule has 0 aromatic carbocycles. The molecule has 1 aliphatic carbocycles. The fraction of sp³-hybridized carbons (Fsp3) is 0.333. The van der Waals surface area contributed by atoms with Crippen molar-refractivity contribution in [3.63, 3.8) is 0 Å². The third-order valence-electron chi connectivity index (χ3n) is 3.17. The van der Waals surface area contributed by atoms with E-state index in [-0.39, 0.29) is 0 Å². The van der Waals surface area contributed by atoms with Crippen molar-refractivity contribution in [3.8, 4) is 5.82 Å². The SMILES string of the molecule is [NH3+][C@H]1CCCc2c1cnn2-c1ccccn1. The topological polar surface area (TPSA) is 58.4 Å². The van der Waals surface area contributed by atoms with Crippen molar-refractivity contribution in [2.24, 2.45) is 0 Å². The Morgan fingerprint density at radius 1 is 1.38 bits per heavy atom. The van der Waals surface area contributed by atoms with Crippen molar-refractivity contribution >= 4 is 0 Å². The van der Waals surface area contributed by atoms with E-state index in [1.165, 1.54) is 24.1 Å². The molecular formula is C12H15N4+. The van der Waals surface area contributed by atoms with E-state index in [0.29, 0.717) is 6.04 Å². The number of hydrogen-bond acceptors (Lipinski definition) is 2. The van der Waals surface area contributed by atoms with E-state index in [0.717, 1.165) is 12.2 Å². The van der Waals surface area contributed by atoms with Gasteiger partial charge in [0.25, 0.3) is 0 Å². The molecule has 82 valence electrons. The first kappa shape index (κ1) is 9.54. The van der Waals surface area contributed by atoms with Crippen molar-refractivity contribution in [1.29, 1.82) is 0 Å². The molecule has 0 spiro atoms. The average Bonchev–Trinajstić information content (AvgIpc) is 2.75. The number of rotatable bonds is 1. The Kier molecular flexibility index (Phi) is 2.22. The summed E-state index contributed by atoms with van der Waals surface area (Å²) >= 11 is 0. The maximum Gasteiger partial charge on any atom is 0.153 e. The minimum Gasteiger partial charge on any atom is -0.351 e. The minimum absolute atomic E-state index is 0.390. The molecule has 0 bridgehead atoms. The summed E-state index contributed by atoms with van der Waals surface area (Å²) in [5.41, 5.74) is 6.74. The molecule has 0 radical (unpaired) electrons. The zero-order chi connectivity index (χ0) is 11.0. The van der Waals surface area contributed by atoms with Crippen LogP contribution in [0, 0.1) is 0 Å². The van der Waals surface area contributed by atoms with Gasteiger partial charge < -0.3 is 5.73 Å². The van der Waals surface area contributed by atoms with E-state index in [1.807, 2.05) is 29.1 Å². The zero-order valence-electron chi connectivity index (χ0n) is 9.13. The van der Waals surface area contributed by atoms with Crippen LogP contribution in [0.25, 0.3) is 5.82 Å². The van der Waals surface area contributed by atoms with Gasteiger partial charge in [0, 0.05) is 12.6 Å². The van der Waals surface area contributed by atoms with E-state index in [9.17, 15) is 0 Å². The lowest BCUT2D eigenvalue weighted by molar-refractivity contribution is -0.429. The van der Waals surface area contributed by atoms with Crippen LogP contribution >= 0.6 is 0 Å². The fourth-order valence-electron chi connectivity index (χ4n) is 2.33. The van der Waals surface area contributed by atoms with E-state index in [2.05, 4.69) is 15.8 Å². The molecule has 1 aliphatic rings. The summed E-state index contributed by atoms with van der Waals surface area (Å²) in [4.78, 5) is 4.33. The summed E-state index contributed by atoms with van der Waals surface area (Å²) in [5.74, 6) is 0.901. The Morgan fingerprint density at radius 2 is 2.31 bits per heavy atom. The number of quaternary nitrogens is 1. The molecule has 2 heterocycles. The van der Waals surface area contributed by atoms with E-state index in [4.69, 9.17) is 0 Å². The predicted molar refractivity (Wildman–Crippen MR) is 59.9 cm³/mol. The van der Waals surface area contributed by atoms with Crippen molar-refractivity contribution in [2.75, 3.05) is 0 Å². The molecule has 1 atom stereocenters. The Morgan fingerprint density at radius 3 is 3.12 bits per heavy atom. The van der Waals surface area contributed by atoms with Crippen LogP contribution in [-0.4, -0.2) is 14.8 Å². The average molecular weight is 215 g/mol. The normalized spacial score (nSPS) is 19.4. The highest BCUT2D eigenvalue weighted by atomic mass is 15.3. The van der Waals surface area contributed by atoms with Crippen molar-refractivity contribution in [2.45, 2.75) is 25.3 Å². The summed E-state index contributed by atoms with van der Waals surface area (Å²) in [6.07, 6.45) is 7.19. The Hall–Kier alpha value is -1.68. The Balaban J connectivity index is 2.10. The standard InChI is InChI=1S/C12H14N4/c13-10-4-3-5-11-9(10)8-15-16(11)12-6-1-2-7-14-12/h1-2,6-8,10H,3-5,13H2/p+1/t10-/m0/s1. The number of pyridine rings is 1. The molecule has 0 aliphatic heterocycles. The lowest BCUT2D eigenvalue weighted by Crippen LogP contribution is -2.54. The second-order valence-electron chi connectivity index (χ2n) is 4.24. The molecule has 3 N–H and O–H groups in total. The van der Waals surface area contributed by atoms with Crippen LogP contribution in [-0.2, 0) is 6.42 Å². The monoisotopic (exact) mass is 215 g/mol. The van der Waals surface area contributed by atoms with Gasteiger partial charge in [0.2, 0.25) is 0 Å². The van der Waals surface area contributed by atoms with Gasteiger partial charge in [-0.15, -0.1) is 0 Å². The molecular weight excluding hydrogens is 200 g/mol.